The quantitative estimate of drug-likeness (QED) is 0.194. The van der Waals surface area contributed by atoms with Gasteiger partial charge in [0.15, 0.2) is 0 Å². The third-order valence-electron chi connectivity index (χ3n) is 4.11. The summed E-state index contributed by atoms with van der Waals surface area (Å²) in [6.07, 6.45) is 1.71. The van der Waals surface area contributed by atoms with Gasteiger partial charge < -0.3 is 4.74 Å². The molecule has 0 aliphatic carbocycles. The summed E-state index contributed by atoms with van der Waals surface area (Å²) in [5, 5.41) is 21.3. The summed E-state index contributed by atoms with van der Waals surface area (Å²) in [7, 11) is 0. The summed E-state index contributed by atoms with van der Waals surface area (Å²) in [6.45, 7) is 0.303. The third kappa shape index (κ3) is 5.35. The Morgan fingerprint density at radius 3 is 2.34 bits per heavy atom. The molecule has 0 aromatic heterocycles. The lowest BCUT2D eigenvalue weighted by atomic mass is 10.0. The molecule has 3 aromatic carbocycles. The molecule has 0 unspecified atom stereocenters. The van der Waals surface area contributed by atoms with E-state index in [1.165, 1.54) is 12.1 Å². The molecule has 29 heavy (non-hydrogen) atoms. The van der Waals surface area contributed by atoms with Crippen molar-refractivity contribution in [1.29, 1.82) is 5.26 Å². The minimum atomic E-state index is -0.477. The molecule has 5 nitrogen and oxygen atoms in total. The van der Waals surface area contributed by atoms with Crippen molar-refractivity contribution in [2.75, 3.05) is 0 Å². The molecule has 3 aromatic rings. The Bertz CT molecular complexity index is 1100. The highest BCUT2D eigenvalue weighted by Crippen LogP contribution is 2.24. The average molecular weight is 425 g/mol. The molecule has 0 bridgehead atoms. The summed E-state index contributed by atoms with van der Waals surface area (Å²) in [5.41, 5.74) is 2.62. The lowest BCUT2D eigenvalue weighted by Crippen LogP contribution is -1.96. The highest BCUT2D eigenvalue weighted by molar-refractivity contribution is 6.35. The smallest absolute Gasteiger partial charge is 0.269 e. The molecule has 7 heteroatoms. The van der Waals surface area contributed by atoms with Crippen LogP contribution in [-0.2, 0) is 6.61 Å². The van der Waals surface area contributed by atoms with Gasteiger partial charge in [-0.3, -0.25) is 10.1 Å². The van der Waals surface area contributed by atoms with Gasteiger partial charge in [-0.2, -0.15) is 5.26 Å². The standard InChI is InChI=1S/C22H14Cl2N2O3/c23-19-6-3-17(22(24)12-19)14-29-21-9-1-15(2-10-21)11-18(13-25)16-4-7-20(8-5-16)26(27)28/h1-12H,14H2. The molecule has 3 rings (SSSR count). The van der Waals surface area contributed by atoms with Crippen LogP contribution in [0.3, 0.4) is 0 Å². The number of allylic oxidation sites excluding steroid dienone is 1. The summed E-state index contributed by atoms with van der Waals surface area (Å²) in [5.74, 6) is 0.655. The molecule has 0 saturated heterocycles. The van der Waals surface area contributed by atoms with E-state index in [4.69, 9.17) is 27.9 Å². The van der Waals surface area contributed by atoms with Gasteiger partial charge in [-0.25, -0.2) is 0 Å². The van der Waals surface area contributed by atoms with Gasteiger partial charge in [0.2, 0.25) is 0 Å². The summed E-state index contributed by atoms with van der Waals surface area (Å²) in [6, 6.07) is 20.4. The van der Waals surface area contributed by atoms with E-state index >= 15 is 0 Å². The fourth-order valence-corrected chi connectivity index (χ4v) is 3.03. The van der Waals surface area contributed by atoms with E-state index < -0.39 is 4.92 Å². The van der Waals surface area contributed by atoms with Crippen LogP contribution < -0.4 is 4.74 Å². The number of hydrogen-bond donors (Lipinski definition) is 0. The van der Waals surface area contributed by atoms with Gasteiger partial charge in [-0.15, -0.1) is 0 Å². The highest BCUT2D eigenvalue weighted by atomic mass is 35.5. The first-order valence-electron chi connectivity index (χ1n) is 8.49. The molecule has 144 valence electrons. The average Bonchev–Trinajstić information content (AvgIpc) is 2.72. The van der Waals surface area contributed by atoms with Gasteiger partial charge in [-0.1, -0.05) is 41.4 Å². The molecule has 0 N–H and O–H groups in total. The van der Waals surface area contributed by atoms with Crippen molar-refractivity contribution < 1.29 is 9.66 Å². The van der Waals surface area contributed by atoms with Gasteiger partial charge in [-0.05, 0) is 53.6 Å². The second-order valence-corrected chi connectivity index (χ2v) is 6.91. The maximum atomic E-state index is 10.8. The number of rotatable bonds is 6. The number of ether oxygens (including phenoxy) is 1. The van der Waals surface area contributed by atoms with Crippen LogP contribution in [0.5, 0.6) is 5.75 Å². The van der Waals surface area contributed by atoms with E-state index in [1.54, 1.807) is 42.5 Å². The van der Waals surface area contributed by atoms with Crippen LogP contribution in [0.15, 0.2) is 66.7 Å². The number of halogens is 2. The second kappa shape index (κ2) is 9.24. The van der Waals surface area contributed by atoms with Gasteiger partial charge >= 0.3 is 0 Å². The number of nitriles is 1. The Balaban J connectivity index is 1.71. The third-order valence-corrected chi connectivity index (χ3v) is 4.70. The van der Waals surface area contributed by atoms with Crippen molar-refractivity contribution in [1.82, 2.24) is 0 Å². The van der Waals surface area contributed by atoms with Crippen LogP contribution in [0, 0.1) is 21.4 Å². The zero-order valence-electron chi connectivity index (χ0n) is 15.0. The fourth-order valence-electron chi connectivity index (χ4n) is 2.57. The predicted octanol–water partition coefficient (Wildman–Crippen LogP) is 6.54. The SMILES string of the molecule is N#CC(=Cc1ccc(OCc2ccc(Cl)cc2Cl)cc1)c1ccc([N+](=O)[O-])cc1. The Kier molecular flexibility index (Phi) is 6.50. The van der Waals surface area contributed by atoms with E-state index in [9.17, 15) is 15.4 Å². The van der Waals surface area contributed by atoms with Crippen LogP contribution in [0.2, 0.25) is 10.0 Å². The van der Waals surface area contributed by atoms with Crippen molar-refractivity contribution in [3.8, 4) is 11.8 Å². The topological polar surface area (TPSA) is 76.2 Å². The van der Waals surface area contributed by atoms with Crippen LogP contribution in [0.1, 0.15) is 16.7 Å². The Morgan fingerprint density at radius 2 is 1.76 bits per heavy atom. The first kappa shape index (κ1) is 20.4. The summed E-state index contributed by atoms with van der Waals surface area (Å²) in [4.78, 5) is 10.3. The zero-order chi connectivity index (χ0) is 20.8. The van der Waals surface area contributed by atoms with E-state index in [1.807, 2.05) is 18.2 Å². The van der Waals surface area contributed by atoms with Gasteiger partial charge in [0.25, 0.3) is 5.69 Å². The largest absolute Gasteiger partial charge is 0.489 e. The lowest BCUT2D eigenvalue weighted by molar-refractivity contribution is -0.384. The zero-order valence-corrected chi connectivity index (χ0v) is 16.5. The van der Waals surface area contributed by atoms with Crippen LogP contribution in [0.25, 0.3) is 11.6 Å². The van der Waals surface area contributed by atoms with Crippen molar-refractivity contribution in [3.63, 3.8) is 0 Å². The molecule has 0 aliphatic rings. The molecule has 0 saturated carbocycles. The minimum absolute atomic E-state index is 0.0201. The number of non-ortho nitro benzene ring substituents is 1. The fraction of sp³-hybridized carbons (Fsp3) is 0.0455. The van der Waals surface area contributed by atoms with Crippen LogP contribution in [0.4, 0.5) is 5.69 Å². The maximum absolute atomic E-state index is 10.8. The number of nitro groups is 1. The summed E-state index contributed by atoms with van der Waals surface area (Å²) < 4.78 is 5.74. The Morgan fingerprint density at radius 1 is 1.07 bits per heavy atom. The molecule has 0 fully saturated rings. The maximum Gasteiger partial charge on any atom is 0.269 e. The van der Waals surface area contributed by atoms with Crippen molar-refractivity contribution in [3.05, 3.63) is 104 Å². The molecule has 0 aliphatic heterocycles. The Labute approximate surface area is 177 Å². The highest BCUT2D eigenvalue weighted by Gasteiger charge is 2.07. The normalized spacial score (nSPS) is 11.0. The van der Waals surface area contributed by atoms with E-state index in [0.29, 0.717) is 33.5 Å². The van der Waals surface area contributed by atoms with Gasteiger partial charge in [0, 0.05) is 27.7 Å². The minimum Gasteiger partial charge on any atom is -0.489 e. The molecule has 0 amide bonds. The van der Waals surface area contributed by atoms with Gasteiger partial charge in [0.1, 0.15) is 12.4 Å². The van der Waals surface area contributed by atoms with E-state index in [2.05, 4.69) is 6.07 Å². The number of nitro benzene ring substituents is 1. The molecule has 0 heterocycles. The monoisotopic (exact) mass is 424 g/mol. The predicted molar refractivity (Wildman–Crippen MR) is 114 cm³/mol. The van der Waals surface area contributed by atoms with Crippen molar-refractivity contribution in [2.45, 2.75) is 6.61 Å². The molecule has 0 spiro atoms. The van der Waals surface area contributed by atoms with Crippen molar-refractivity contribution >= 4 is 40.5 Å². The first-order chi connectivity index (χ1) is 14.0. The number of benzene rings is 3. The second-order valence-electron chi connectivity index (χ2n) is 6.07. The number of hydrogen-bond acceptors (Lipinski definition) is 4. The lowest BCUT2D eigenvalue weighted by Gasteiger charge is -2.08. The van der Waals surface area contributed by atoms with Crippen molar-refractivity contribution in [2.24, 2.45) is 0 Å². The first-order valence-corrected chi connectivity index (χ1v) is 9.25. The molecular weight excluding hydrogens is 411 g/mol. The van der Waals surface area contributed by atoms with E-state index in [0.717, 1.165) is 11.1 Å². The number of nitrogens with zero attached hydrogens (tertiary/aromatic N) is 2. The van der Waals surface area contributed by atoms with E-state index in [-0.39, 0.29) is 5.69 Å². The molecule has 0 atom stereocenters. The summed E-state index contributed by atoms with van der Waals surface area (Å²) >= 11 is 12.0. The van der Waals surface area contributed by atoms with Crippen LogP contribution in [-0.4, -0.2) is 4.92 Å². The Hall–Kier alpha value is -3.33. The molecule has 0 radical (unpaired) electrons. The van der Waals surface area contributed by atoms with Crippen LogP contribution >= 0.6 is 23.2 Å². The van der Waals surface area contributed by atoms with Gasteiger partial charge in [0.05, 0.1) is 16.6 Å². The molecular formula is C22H14Cl2N2O3.